The summed E-state index contributed by atoms with van der Waals surface area (Å²) in [5, 5.41) is 13.7. The van der Waals surface area contributed by atoms with Gasteiger partial charge in [-0.2, -0.15) is 0 Å². The van der Waals surface area contributed by atoms with E-state index in [9.17, 15) is 14.9 Å². The zero-order chi connectivity index (χ0) is 20.7. The molecule has 0 atom stereocenters. The van der Waals surface area contributed by atoms with Crippen LogP contribution in [0.2, 0.25) is 0 Å². The van der Waals surface area contributed by atoms with Gasteiger partial charge < -0.3 is 24.3 Å². The fourth-order valence-corrected chi connectivity index (χ4v) is 2.52. The third-order valence-corrected chi connectivity index (χ3v) is 3.88. The fourth-order valence-electron chi connectivity index (χ4n) is 2.52. The van der Waals surface area contributed by atoms with E-state index >= 15 is 0 Å². The summed E-state index contributed by atoms with van der Waals surface area (Å²) in [5.74, 6) is 1.02. The second kappa shape index (κ2) is 9.45. The number of benzene rings is 2. The number of hydrogen-bond acceptors (Lipinski definition) is 7. The Balaban J connectivity index is 2.02. The van der Waals surface area contributed by atoms with Crippen molar-refractivity contribution >= 4 is 11.6 Å². The van der Waals surface area contributed by atoms with E-state index in [0.29, 0.717) is 17.2 Å². The van der Waals surface area contributed by atoms with Crippen LogP contribution < -0.4 is 24.3 Å². The van der Waals surface area contributed by atoms with Crippen LogP contribution in [-0.4, -0.2) is 38.8 Å². The highest BCUT2D eigenvalue weighted by molar-refractivity contribution is 5.77. The standard InChI is InChI=1S/C19H22N2O7/c1-12-5-6-14(21(23)24)15(7-12)28-11-18(22)20-10-13-8-16(25-2)19(27-4)17(9-13)26-3/h5-9H,10-11H2,1-4H3,(H,20,22). The predicted octanol–water partition coefficient (Wildman–Crippen LogP) is 2.62. The Labute approximate surface area is 162 Å². The van der Waals surface area contributed by atoms with Gasteiger partial charge in [0.05, 0.1) is 26.3 Å². The molecule has 0 aliphatic rings. The van der Waals surface area contributed by atoms with Crippen molar-refractivity contribution in [3.63, 3.8) is 0 Å². The number of nitrogens with one attached hydrogen (secondary N) is 1. The first-order valence-electron chi connectivity index (χ1n) is 8.33. The minimum absolute atomic E-state index is 0.0490. The molecule has 9 heteroatoms. The van der Waals surface area contributed by atoms with Crippen molar-refractivity contribution in [3.05, 3.63) is 51.6 Å². The van der Waals surface area contributed by atoms with Gasteiger partial charge in [-0.1, -0.05) is 6.07 Å². The molecule has 0 fully saturated rings. The number of nitrogens with zero attached hydrogens (tertiary/aromatic N) is 1. The van der Waals surface area contributed by atoms with E-state index in [-0.39, 0.29) is 24.6 Å². The van der Waals surface area contributed by atoms with Crippen molar-refractivity contribution in [1.29, 1.82) is 0 Å². The number of carbonyl (C=O) groups is 1. The Hall–Kier alpha value is -3.49. The molecule has 0 heterocycles. The molecule has 2 aromatic carbocycles. The molecular weight excluding hydrogens is 368 g/mol. The van der Waals surface area contributed by atoms with Gasteiger partial charge >= 0.3 is 5.69 Å². The molecule has 0 bridgehead atoms. The van der Waals surface area contributed by atoms with Gasteiger partial charge in [0.1, 0.15) is 0 Å². The lowest BCUT2D eigenvalue weighted by Gasteiger charge is -2.14. The average molecular weight is 390 g/mol. The van der Waals surface area contributed by atoms with Crippen LogP contribution in [0.3, 0.4) is 0 Å². The number of nitro groups is 1. The fraction of sp³-hybridized carbons (Fsp3) is 0.316. The Kier molecular flexibility index (Phi) is 7.02. The maximum Gasteiger partial charge on any atom is 0.310 e. The Morgan fingerprint density at radius 1 is 1.04 bits per heavy atom. The minimum atomic E-state index is -0.553. The van der Waals surface area contributed by atoms with Crippen LogP contribution in [0.15, 0.2) is 30.3 Å². The molecule has 0 aromatic heterocycles. The van der Waals surface area contributed by atoms with Crippen molar-refractivity contribution in [2.75, 3.05) is 27.9 Å². The monoisotopic (exact) mass is 390 g/mol. The summed E-state index contributed by atoms with van der Waals surface area (Å²) < 4.78 is 21.1. The molecule has 0 radical (unpaired) electrons. The summed E-state index contributed by atoms with van der Waals surface area (Å²) in [6, 6.07) is 7.90. The molecule has 28 heavy (non-hydrogen) atoms. The largest absolute Gasteiger partial charge is 0.493 e. The lowest BCUT2D eigenvalue weighted by Crippen LogP contribution is -2.28. The molecule has 2 rings (SSSR count). The molecule has 1 N–H and O–H groups in total. The van der Waals surface area contributed by atoms with Gasteiger partial charge in [-0.25, -0.2) is 0 Å². The topological polar surface area (TPSA) is 109 Å². The van der Waals surface area contributed by atoms with Crippen LogP contribution in [-0.2, 0) is 11.3 Å². The van der Waals surface area contributed by atoms with Crippen LogP contribution in [0.1, 0.15) is 11.1 Å². The van der Waals surface area contributed by atoms with E-state index in [0.717, 1.165) is 11.1 Å². The number of methoxy groups -OCH3 is 3. The zero-order valence-corrected chi connectivity index (χ0v) is 16.1. The highest BCUT2D eigenvalue weighted by Crippen LogP contribution is 2.38. The number of hydrogen-bond donors (Lipinski definition) is 1. The summed E-state index contributed by atoms with van der Waals surface area (Å²) in [7, 11) is 4.51. The van der Waals surface area contributed by atoms with Crippen LogP contribution in [0.25, 0.3) is 0 Å². The summed E-state index contributed by atoms with van der Waals surface area (Å²) in [6.45, 7) is 1.62. The summed E-state index contributed by atoms with van der Waals surface area (Å²) >= 11 is 0. The first-order valence-corrected chi connectivity index (χ1v) is 8.33. The Morgan fingerprint density at radius 2 is 1.68 bits per heavy atom. The minimum Gasteiger partial charge on any atom is -0.493 e. The van der Waals surface area contributed by atoms with Gasteiger partial charge in [-0.15, -0.1) is 0 Å². The molecule has 150 valence electrons. The van der Waals surface area contributed by atoms with E-state index in [4.69, 9.17) is 18.9 Å². The van der Waals surface area contributed by atoms with Gasteiger partial charge in [0.15, 0.2) is 23.9 Å². The highest BCUT2D eigenvalue weighted by atomic mass is 16.6. The predicted molar refractivity (Wildman–Crippen MR) is 101 cm³/mol. The lowest BCUT2D eigenvalue weighted by molar-refractivity contribution is -0.385. The number of rotatable bonds is 9. The van der Waals surface area contributed by atoms with Crippen LogP contribution in [0.4, 0.5) is 5.69 Å². The highest BCUT2D eigenvalue weighted by Gasteiger charge is 2.17. The normalized spacial score (nSPS) is 10.1. The average Bonchev–Trinajstić information content (AvgIpc) is 2.69. The van der Waals surface area contributed by atoms with Crippen LogP contribution in [0.5, 0.6) is 23.0 Å². The van der Waals surface area contributed by atoms with Gasteiger partial charge in [-0.05, 0) is 36.2 Å². The lowest BCUT2D eigenvalue weighted by atomic mass is 10.1. The quantitative estimate of drug-likeness (QED) is 0.518. The molecule has 2 aromatic rings. The second-order valence-electron chi connectivity index (χ2n) is 5.83. The maximum absolute atomic E-state index is 12.1. The van der Waals surface area contributed by atoms with Crippen molar-refractivity contribution < 1.29 is 28.7 Å². The molecule has 0 aliphatic carbocycles. The third kappa shape index (κ3) is 5.03. The molecular formula is C19H22N2O7. The maximum atomic E-state index is 12.1. The second-order valence-corrected chi connectivity index (χ2v) is 5.83. The molecule has 9 nitrogen and oxygen atoms in total. The van der Waals surface area contributed by atoms with Gasteiger partial charge in [0, 0.05) is 12.6 Å². The van der Waals surface area contributed by atoms with Crippen molar-refractivity contribution in [2.45, 2.75) is 13.5 Å². The number of aryl methyl sites for hydroxylation is 1. The summed E-state index contributed by atoms with van der Waals surface area (Å²) in [4.78, 5) is 22.6. The van der Waals surface area contributed by atoms with Crippen LogP contribution >= 0.6 is 0 Å². The number of carbonyl (C=O) groups excluding carboxylic acids is 1. The zero-order valence-electron chi connectivity index (χ0n) is 16.1. The summed E-state index contributed by atoms with van der Waals surface area (Å²) in [6.07, 6.45) is 0. The molecule has 1 amide bonds. The molecule has 0 saturated heterocycles. The van der Waals surface area contributed by atoms with Crippen molar-refractivity contribution in [1.82, 2.24) is 5.32 Å². The smallest absolute Gasteiger partial charge is 0.310 e. The number of ether oxygens (including phenoxy) is 4. The molecule has 0 saturated carbocycles. The SMILES string of the molecule is COc1cc(CNC(=O)COc2cc(C)ccc2[N+](=O)[O-])cc(OC)c1OC. The molecule has 0 spiro atoms. The Bertz CT molecular complexity index is 842. The first kappa shape index (κ1) is 20.8. The number of amides is 1. The van der Waals surface area contributed by atoms with Crippen LogP contribution in [0, 0.1) is 17.0 Å². The Morgan fingerprint density at radius 3 is 2.21 bits per heavy atom. The van der Waals surface area contributed by atoms with Gasteiger partial charge in [0.25, 0.3) is 5.91 Å². The van der Waals surface area contributed by atoms with Crippen molar-refractivity contribution in [3.8, 4) is 23.0 Å². The van der Waals surface area contributed by atoms with Gasteiger partial charge in [0.2, 0.25) is 5.75 Å². The summed E-state index contributed by atoms with van der Waals surface area (Å²) in [5.41, 5.74) is 1.32. The van der Waals surface area contributed by atoms with E-state index in [1.807, 2.05) is 0 Å². The van der Waals surface area contributed by atoms with E-state index < -0.39 is 10.8 Å². The van der Waals surface area contributed by atoms with E-state index in [2.05, 4.69) is 5.32 Å². The number of nitro benzene ring substituents is 1. The third-order valence-electron chi connectivity index (χ3n) is 3.88. The molecule has 0 aliphatic heterocycles. The molecule has 0 unspecified atom stereocenters. The van der Waals surface area contributed by atoms with E-state index in [1.54, 1.807) is 25.1 Å². The van der Waals surface area contributed by atoms with Crippen molar-refractivity contribution in [2.24, 2.45) is 0 Å². The van der Waals surface area contributed by atoms with E-state index in [1.165, 1.54) is 33.5 Å². The van der Waals surface area contributed by atoms with Gasteiger partial charge in [-0.3, -0.25) is 14.9 Å². The first-order chi connectivity index (χ1) is 13.4.